The van der Waals surface area contributed by atoms with Gasteiger partial charge in [-0.05, 0) is 194 Å². The lowest BCUT2D eigenvalue weighted by atomic mass is 10.2. The first-order chi connectivity index (χ1) is 39.5. The average molecular weight is 1030 g/mol. The number of nitrogens with one attached hydrogen (secondary N) is 2. The number of aromatic amines is 2. The molecular formula is C64H34N16. The van der Waals surface area contributed by atoms with Crippen molar-refractivity contribution in [1.29, 1.82) is 0 Å². The molecule has 0 saturated heterocycles. The quantitative estimate of drug-likeness (QED) is 0.141. The van der Waals surface area contributed by atoms with E-state index in [-0.39, 0.29) is 0 Å². The van der Waals surface area contributed by atoms with E-state index in [0.717, 1.165) is 182 Å². The van der Waals surface area contributed by atoms with Crippen LogP contribution in [-0.2, 0) is 0 Å². The van der Waals surface area contributed by atoms with E-state index >= 15 is 0 Å². The van der Waals surface area contributed by atoms with Crippen molar-refractivity contribution in [3.8, 4) is 0 Å². The van der Waals surface area contributed by atoms with E-state index in [2.05, 4.69) is 9.97 Å². The molecule has 0 unspecified atom stereocenters. The van der Waals surface area contributed by atoms with E-state index in [0.29, 0.717) is 0 Å². The van der Waals surface area contributed by atoms with Gasteiger partial charge in [0, 0.05) is 0 Å². The molecule has 0 radical (unpaired) electrons. The van der Waals surface area contributed by atoms with Crippen molar-refractivity contribution in [2.45, 2.75) is 0 Å². The van der Waals surface area contributed by atoms with Crippen molar-refractivity contribution in [3.05, 3.63) is 235 Å². The zero-order valence-electron chi connectivity index (χ0n) is 41.7. The van der Waals surface area contributed by atoms with Crippen LogP contribution in [0, 0.1) is 0 Å². The predicted molar refractivity (Wildman–Crippen MR) is 322 cm³/mol. The molecule has 0 amide bonds. The van der Waals surface area contributed by atoms with Gasteiger partial charge in [-0.1, -0.05) is 0 Å². The van der Waals surface area contributed by atoms with Crippen LogP contribution in [0.15, 0.2) is 207 Å². The van der Waals surface area contributed by atoms with E-state index in [9.17, 15) is 0 Å². The summed E-state index contributed by atoms with van der Waals surface area (Å²) in [6, 6.07) is 8.11. The topological polar surface area (TPSA) is 208 Å². The summed E-state index contributed by atoms with van der Waals surface area (Å²) < 4.78 is 0. The zero-order chi connectivity index (χ0) is 52.4. The number of H-pyrrole nitrogens is 2. The second-order valence-corrected chi connectivity index (χ2v) is 19.6. The maximum absolute atomic E-state index is 4.84. The molecule has 0 spiro atoms. The largest absolute Gasteiger partial charge is 0.352 e. The van der Waals surface area contributed by atoms with Crippen molar-refractivity contribution in [2.24, 2.45) is 39.9 Å². The molecule has 15 aliphatic rings. The molecule has 370 valence electrons. The van der Waals surface area contributed by atoms with Gasteiger partial charge in [-0.25, -0.2) is 69.8 Å². The van der Waals surface area contributed by atoms with Crippen LogP contribution in [0.5, 0.6) is 0 Å². The molecule has 16 nitrogen and oxygen atoms in total. The fraction of sp³-hybridized carbons (Fsp3) is 0. The van der Waals surface area contributed by atoms with Gasteiger partial charge < -0.3 is 9.97 Å². The first-order valence-electron chi connectivity index (χ1n) is 25.8. The Morgan fingerprint density at radius 1 is 0.163 bits per heavy atom. The Kier molecular flexibility index (Phi) is 9.28. The van der Waals surface area contributed by atoms with Crippen LogP contribution in [0.4, 0.5) is 0 Å². The molecule has 18 rings (SSSR count). The summed E-state index contributed by atoms with van der Waals surface area (Å²) in [5.74, 6) is 0. The molecule has 15 aliphatic heterocycles. The minimum absolute atomic E-state index is 0.794. The molecule has 3 aromatic rings. The molecule has 16 heteroatoms. The van der Waals surface area contributed by atoms with Crippen LogP contribution in [0.1, 0.15) is 68.3 Å². The number of hydrogen-bond donors (Lipinski definition) is 2. The summed E-state index contributed by atoms with van der Waals surface area (Å²) in [6.45, 7) is 0. The van der Waals surface area contributed by atoms with Gasteiger partial charge in [0.05, 0.1) is 182 Å². The second-order valence-electron chi connectivity index (χ2n) is 19.6. The first-order valence-corrected chi connectivity index (χ1v) is 25.8. The van der Waals surface area contributed by atoms with E-state index in [1.807, 2.05) is 194 Å². The van der Waals surface area contributed by atoms with E-state index in [1.165, 1.54) is 0 Å². The highest BCUT2D eigenvalue weighted by Gasteiger charge is 2.25. The van der Waals surface area contributed by atoms with Crippen LogP contribution < -0.4 is 0 Å². The summed E-state index contributed by atoms with van der Waals surface area (Å²) >= 11 is 0. The monoisotopic (exact) mass is 1030 g/mol. The Morgan fingerprint density at radius 3 is 0.487 bits per heavy atom. The Labute approximate surface area is 453 Å². The summed E-state index contributed by atoms with van der Waals surface area (Å²) in [7, 11) is 0. The van der Waals surface area contributed by atoms with Gasteiger partial charge in [-0.15, -0.1) is 0 Å². The van der Waals surface area contributed by atoms with Gasteiger partial charge in [0.1, 0.15) is 0 Å². The van der Waals surface area contributed by atoms with Gasteiger partial charge >= 0.3 is 0 Å². The minimum atomic E-state index is 0.794. The van der Waals surface area contributed by atoms with Crippen molar-refractivity contribution in [1.82, 2.24) is 39.9 Å². The molecule has 0 saturated carbocycles. The molecule has 0 fully saturated rings. The highest BCUT2D eigenvalue weighted by molar-refractivity contribution is 6.54. The van der Waals surface area contributed by atoms with Crippen LogP contribution in [0.3, 0.4) is 0 Å². The normalized spacial score (nSPS) is 19.2. The Hall–Kier alpha value is -11.5. The lowest BCUT2D eigenvalue weighted by molar-refractivity contribution is 1.20. The lowest BCUT2D eigenvalue weighted by Crippen LogP contribution is -2.05. The average Bonchev–Trinajstić information content (AvgIpc) is 4.30. The molecule has 32 bridgehead atoms. The minimum Gasteiger partial charge on any atom is -0.352 e. The zero-order valence-corrected chi connectivity index (χ0v) is 41.7. The van der Waals surface area contributed by atoms with E-state index in [1.54, 1.807) is 0 Å². The SMILES string of the molecule is C1=CC2=C3C=CC(=N3)C3=NC(=C4C=CC(=N4)C4=NC(=C5C=CC(=N5)C5=NC(=C6C=CC(=N6)C1=N2)C=C5)C=C4)C=C3.C1=Cc2nc1c1nc(c3ccc([nH]3)c3nc(c4nc(c5nc(c6ccc([nH]6)c6nc2C=C6)C=C5)C=C4)C=C3)C=C1. The number of allylic oxidation sites excluding steroid dienone is 16. The van der Waals surface area contributed by atoms with Gasteiger partial charge in [-0.3, -0.25) is 0 Å². The molecule has 3 aromatic heterocycles. The van der Waals surface area contributed by atoms with Crippen LogP contribution >= 0.6 is 0 Å². The number of rotatable bonds is 0. The summed E-state index contributed by atoms with van der Waals surface area (Å²) in [5.41, 5.74) is 26.4. The second kappa shape index (κ2) is 17.0. The molecule has 0 aromatic carbocycles. The van der Waals surface area contributed by atoms with E-state index < -0.39 is 0 Å². The number of hydrogen-bond acceptors (Lipinski definition) is 14. The van der Waals surface area contributed by atoms with Gasteiger partial charge in [0.15, 0.2) is 0 Å². The summed E-state index contributed by atoms with van der Waals surface area (Å²) in [4.78, 5) is 74.4. The smallest absolute Gasteiger partial charge is 0.0895 e. The number of aromatic nitrogens is 8. The third kappa shape index (κ3) is 7.38. The molecule has 0 atom stereocenters. The maximum Gasteiger partial charge on any atom is 0.0895 e. The van der Waals surface area contributed by atoms with Gasteiger partial charge in [0.2, 0.25) is 0 Å². The highest BCUT2D eigenvalue weighted by Crippen LogP contribution is 2.32. The maximum atomic E-state index is 4.84. The molecule has 18 heterocycles. The van der Waals surface area contributed by atoms with Crippen molar-refractivity contribution < 1.29 is 0 Å². The van der Waals surface area contributed by atoms with Crippen molar-refractivity contribution >= 4 is 141 Å². The fourth-order valence-electron chi connectivity index (χ4n) is 10.5. The number of fused-ring (bicyclic) bond motifs is 36. The van der Waals surface area contributed by atoms with Gasteiger partial charge in [0.25, 0.3) is 0 Å². The Balaban J connectivity index is 0.000000128. The summed E-state index contributed by atoms with van der Waals surface area (Å²) in [6.07, 6.45) is 55.5. The van der Waals surface area contributed by atoms with Gasteiger partial charge in [-0.2, -0.15) is 0 Å². The standard InChI is InChI=1S/C32H18N8.C32H16N8/c2*1-2-18-20-5-6-23(35-20)24-9-10-27(37-24)28-13-14-31(39-28)32-16-15-30(40-32)29-12-11-26(38-29)25-8-7-22(36-25)21-4-3-19(34-21)17(1)33-18/h1-16,33,40H;1-16H. The van der Waals surface area contributed by atoms with Crippen molar-refractivity contribution in [2.75, 3.05) is 0 Å². The van der Waals surface area contributed by atoms with Crippen LogP contribution in [0.25, 0.3) is 95.0 Å². The Bertz CT molecular complexity index is 4140. The molecule has 0 aliphatic carbocycles. The highest BCUT2D eigenvalue weighted by atomic mass is 15.0. The fourth-order valence-corrected chi connectivity index (χ4v) is 10.5. The third-order valence-corrected chi connectivity index (χ3v) is 14.6. The number of aliphatic imine (C=N–C) groups is 8. The van der Waals surface area contributed by atoms with E-state index in [4.69, 9.17) is 69.8 Å². The number of nitrogens with zero attached hydrogens (tertiary/aromatic N) is 14. The molecular weight excluding hydrogens is 993 g/mol. The van der Waals surface area contributed by atoms with Crippen LogP contribution in [-0.4, -0.2) is 85.6 Å². The first kappa shape index (κ1) is 43.7. The summed E-state index contributed by atoms with van der Waals surface area (Å²) in [5, 5.41) is 0. The lowest BCUT2D eigenvalue weighted by Gasteiger charge is -1.98. The third-order valence-electron chi connectivity index (χ3n) is 14.6. The molecule has 80 heavy (non-hydrogen) atoms. The predicted octanol–water partition coefficient (Wildman–Crippen LogP) is 11.4. The molecule has 2 N–H and O–H groups in total. The van der Waals surface area contributed by atoms with Crippen molar-refractivity contribution in [3.63, 3.8) is 0 Å². The Morgan fingerprint density at radius 2 is 0.312 bits per heavy atom. The van der Waals surface area contributed by atoms with Crippen LogP contribution in [0.2, 0.25) is 0 Å².